The predicted octanol–water partition coefficient (Wildman–Crippen LogP) is 3.77. The third-order valence-electron chi connectivity index (χ3n) is 4.47. The van der Waals surface area contributed by atoms with Crippen LogP contribution in [0.25, 0.3) is 0 Å². The Bertz CT molecular complexity index is 487. The summed E-state index contributed by atoms with van der Waals surface area (Å²) in [6.45, 7) is 10.9. The molecular formula is C18H31IN4. The van der Waals surface area contributed by atoms with E-state index in [0.29, 0.717) is 5.96 Å². The highest BCUT2D eigenvalue weighted by Crippen LogP contribution is 2.20. The molecule has 0 spiro atoms. The molecule has 23 heavy (non-hydrogen) atoms. The Morgan fingerprint density at radius 2 is 1.83 bits per heavy atom. The second-order valence-corrected chi connectivity index (χ2v) is 6.43. The molecule has 0 saturated carbocycles. The minimum atomic E-state index is 0. The molecule has 1 aliphatic heterocycles. The Hall–Kier alpha value is -0.820. The highest BCUT2D eigenvalue weighted by atomic mass is 127. The third kappa shape index (κ3) is 7.08. The molecule has 1 aliphatic rings. The molecule has 1 aromatic carbocycles. The van der Waals surface area contributed by atoms with E-state index in [9.17, 15) is 0 Å². The quantitative estimate of drug-likeness (QED) is 0.425. The van der Waals surface area contributed by atoms with Gasteiger partial charge in [-0.1, -0.05) is 13.0 Å². The van der Waals surface area contributed by atoms with Crippen LogP contribution >= 0.6 is 24.0 Å². The van der Waals surface area contributed by atoms with Crippen LogP contribution in [0.2, 0.25) is 0 Å². The van der Waals surface area contributed by atoms with Gasteiger partial charge in [-0.25, -0.2) is 0 Å². The monoisotopic (exact) mass is 430 g/mol. The molecule has 0 atom stereocenters. The van der Waals surface area contributed by atoms with Crippen molar-refractivity contribution in [3.8, 4) is 0 Å². The van der Waals surface area contributed by atoms with Crippen molar-refractivity contribution in [3.63, 3.8) is 0 Å². The van der Waals surface area contributed by atoms with Crippen molar-refractivity contribution in [2.24, 2.45) is 16.6 Å². The topological polar surface area (TPSA) is 53.6 Å². The predicted molar refractivity (Wildman–Crippen MR) is 111 cm³/mol. The summed E-state index contributed by atoms with van der Waals surface area (Å²) in [7, 11) is 0. The van der Waals surface area contributed by atoms with Crippen molar-refractivity contribution in [1.82, 2.24) is 4.90 Å². The number of halogens is 1. The van der Waals surface area contributed by atoms with Crippen LogP contribution in [-0.4, -0.2) is 37.0 Å². The van der Waals surface area contributed by atoms with Crippen LogP contribution in [0.1, 0.15) is 37.3 Å². The zero-order valence-corrected chi connectivity index (χ0v) is 17.0. The van der Waals surface area contributed by atoms with E-state index < -0.39 is 0 Å². The molecular weight excluding hydrogens is 399 g/mol. The fourth-order valence-corrected chi connectivity index (χ4v) is 3.19. The highest BCUT2D eigenvalue weighted by Gasteiger charge is 2.17. The van der Waals surface area contributed by atoms with Crippen molar-refractivity contribution in [2.45, 2.75) is 40.0 Å². The molecule has 0 aliphatic carbocycles. The molecule has 0 aromatic heterocycles. The normalized spacial score (nSPS) is 16.9. The first-order chi connectivity index (χ1) is 10.6. The average molecular weight is 430 g/mol. The number of nitrogens with zero attached hydrogens (tertiary/aromatic N) is 2. The lowest BCUT2D eigenvalue weighted by Crippen LogP contribution is -2.33. The van der Waals surface area contributed by atoms with E-state index in [1.165, 1.54) is 43.6 Å². The maximum Gasteiger partial charge on any atom is 0.193 e. The van der Waals surface area contributed by atoms with Crippen LogP contribution in [-0.2, 0) is 0 Å². The Morgan fingerprint density at radius 1 is 1.22 bits per heavy atom. The molecule has 0 bridgehead atoms. The van der Waals surface area contributed by atoms with Gasteiger partial charge in [0.2, 0.25) is 0 Å². The van der Waals surface area contributed by atoms with Gasteiger partial charge in [-0.05, 0) is 81.9 Å². The zero-order valence-electron chi connectivity index (χ0n) is 14.6. The smallest absolute Gasteiger partial charge is 0.193 e. The summed E-state index contributed by atoms with van der Waals surface area (Å²) in [4.78, 5) is 7.01. The van der Waals surface area contributed by atoms with Crippen LogP contribution < -0.4 is 11.1 Å². The van der Waals surface area contributed by atoms with Gasteiger partial charge < -0.3 is 16.0 Å². The summed E-state index contributed by atoms with van der Waals surface area (Å²) < 4.78 is 0. The maximum absolute atomic E-state index is 6.00. The summed E-state index contributed by atoms with van der Waals surface area (Å²) >= 11 is 0. The minimum Gasteiger partial charge on any atom is -0.370 e. The molecule has 4 nitrogen and oxygen atoms in total. The molecule has 0 amide bonds. The zero-order chi connectivity index (χ0) is 15.9. The number of guanidine groups is 1. The number of piperidine rings is 1. The van der Waals surface area contributed by atoms with Gasteiger partial charge in [0.15, 0.2) is 5.96 Å². The van der Waals surface area contributed by atoms with E-state index in [-0.39, 0.29) is 24.0 Å². The van der Waals surface area contributed by atoms with Crippen molar-refractivity contribution >= 4 is 35.6 Å². The van der Waals surface area contributed by atoms with E-state index >= 15 is 0 Å². The molecule has 5 heteroatoms. The first-order valence-corrected chi connectivity index (χ1v) is 8.44. The molecule has 0 unspecified atom stereocenters. The van der Waals surface area contributed by atoms with Crippen LogP contribution in [0.5, 0.6) is 0 Å². The van der Waals surface area contributed by atoms with E-state index in [1.807, 2.05) is 0 Å². The highest BCUT2D eigenvalue weighted by molar-refractivity contribution is 14.0. The van der Waals surface area contributed by atoms with E-state index in [0.717, 1.165) is 24.6 Å². The van der Waals surface area contributed by atoms with E-state index in [1.54, 1.807) is 0 Å². The molecule has 3 N–H and O–H groups in total. The number of rotatable bonds is 5. The number of nitrogens with two attached hydrogens (primary N) is 1. The number of nitrogens with one attached hydrogen (secondary N) is 1. The number of aryl methyl sites for hydroxylation is 2. The second kappa shape index (κ2) is 10.1. The first-order valence-electron chi connectivity index (χ1n) is 8.44. The average Bonchev–Trinajstić information content (AvgIpc) is 2.47. The number of benzene rings is 1. The molecule has 1 fully saturated rings. The van der Waals surface area contributed by atoms with Crippen LogP contribution in [0, 0.1) is 19.8 Å². The maximum atomic E-state index is 6.00. The minimum absolute atomic E-state index is 0. The van der Waals surface area contributed by atoms with Crippen molar-refractivity contribution in [1.29, 1.82) is 0 Å². The van der Waals surface area contributed by atoms with Crippen molar-refractivity contribution < 1.29 is 0 Å². The van der Waals surface area contributed by atoms with Gasteiger partial charge in [-0.2, -0.15) is 0 Å². The van der Waals surface area contributed by atoms with Gasteiger partial charge in [-0.15, -0.1) is 24.0 Å². The molecule has 0 radical (unpaired) electrons. The molecule has 1 aromatic rings. The van der Waals surface area contributed by atoms with Gasteiger partial charge in [0.25, 0.3) is 0 Å². The number of hydrogen-bond acceptors (Lipinski definition) is 2. The lowest BCUT2D eigenvalue weighted by Gasteiger charge is -2.30. The summed E-state index contributed by atoms with van der Waals surface area (Å²) in [6.07, 6.45) is 3.74. The number of aliphatic imine (C=N–C) groups is 1. The lowest BCUT2D eigenvalue weighted by atomic mass is 9.94. The van der Waals surface area contributed by atoms with Crippen LogP contribution in [0.4, 0.5) is 5.69 Å². The molecule has 2 rings (SSSR count). The fourth-order valence-electron chi connectivity index (χ4n) is 3.19. The second-order valence-electron chi connectivity index (χ2n) is 6.43. The van der Waals surface area contributed by atoms with Gasteiger partial charge in [0.05, 0.1) is 0 Å². The van der Waals surface area contributed by atoms with Gasteiger partial charge in [0, 0.05) is 12.2 Å². The Morgan fingerprint density at radius 3 is 2.39 bits per heavy atom. The summed E-state index contributed by atoms with van der Waals surface area (Å²) in [5, 5.41) is 3.20. The largest absolute Gasteiger partial charge is 0.370 e. The van der Waals surface area contributed by atoms with E-state index in [2.05, 4.69) is 54.2 Å². The summed E-state index contributed by atoms with van der Waals surface area (Å²) in [5.74, 6) is 1.33. The SMILES string of the molecule is CCN1CCC(CCN=C(N)Nc2cc(C)cc(C)c2)CC1.I. The van der Waals surface area contributed by atoms with Crippen molar-refractivity contribution in [2.75, 3.05) is 31.5 Å². The summed E-state index contributed by atoms with van der Waals surface area (Å²) in [5.41, 5.74) is 9.49. The third-order valence-corrected chi connectivity index (χ3v) is 4.47. The van der Waals surface area contributed by atoms with Crippen LogP contribution in [0.3, 0.4) is 0 Å². The molecule has 1 heterocycles. The van der Waals surface area contributed by atoms with Gasteiger partial charge in [0.1, 0.15) is 0 Å². The Kier molecular flexibility index (Phi) is 8.91. The lowest BCUT2D eigenvalue weighted by molar-refractivity contribution is 0.188. The molecule has 130 valence electrons. The Labute approximate surface area is 157 Å². The van der Waals surface area contributed by atoms with Gasteiger partial charge >= 0.3 is 0 Å². The first kappa shape index (κ1) is 20.2. The number of anilines is 1. The summed E-state index contributed by atoms with van der Waals surface area (Å²) in [6, 6.07) is 6.34. The fraction of sp³-hybridized carbons (Fsp3) is 0.611. The Balaban J connectivity index is 0.00000264. The standard InChI is InChI=1S/C18H30N4.HI/c1-4-22-9-6-16(7-10-22)5-8-20-18(19)21-17-12-14(2)11-15(3)13-17;/h11-13,16H,4-10H2,1-3H3,(H3,19,20,21);1H. The van der Waals surface area contributed by atoms with Crippen LogP contribution in [0.15, 0.2) is 23.2 Å². The van der Waals surface area contributed by atoms with Crippen molar-refractivity contribution in [3.05, 3.63) is 29.3 Å². The number of hydrogen-bond donors (Lipinski definition) is 2. The molecule has 1 saturated heterocycles. The van der Waals surface area contributed by atoms with E-state index in [4.69, 9.17) is 5.73 Å². The van der Waals surface area contributed by atoms with Gasteiger partial charge in [-0.3, -0.25) is 4.99 Å². The number of likely N-dealkylation sites (tertiary alicyclic amines) is 1.